The number of imide groups is 2. The fourth-order valence-corrected chi connectivity index (χ4v) is 3.08. The fraction of sp³-hybridized carbons (Fsp3) is 0.0526. The smallest absolute Gasteiger partial charge is 0.335 e. The lowest BCUT2D eigenvalue weighted by Gasteiger charge is -2.26. The molecule has 2 aromatic rings. The molecule has 1 heterocycles. The Bertz CT molecular complexity index is 1160. The Morgan fingerprint density at radius 3 is 2.65 bits per heavy atom. The number of barbiturate groups is 1. The minimum absolute atomic E-state index is 0.0884. The summed E-state index contributed by atoms with van der Waals surface area (Å²) >= 11 is 3.26. The van der Waals surface area contributed by atoms with E-state index >= 15 is 0 Å². The number of non-ortho nitro benzene ring substituents is 1. The van der Waals surface area contributed by atoms with E-state index in [1.54, 1.807) is 6.07 Å². The minimum Gasteiger partial charge on any atom is -0.483 e. The summed E-state index contributed by atoms with van der Waals surface area (Å²) in [7, 11) is 0. The summed E-state index contributed by atoms with van der Waals surface area (Å²) in [6.07, 6.45) is 1.18. The maximum Gasteiger partial charge on any atom is 0.335 e. The van der Waals surface area contributed by atoms with Crippen LogP contribution >= 0.6 is 15.9 Å². The summed E-state index contributed by atoms with van der Waals surface area (Å²) in [5, 5.41) is 13.0. The molecule has 0 unspecified atom stereocenters. The van der Waals surface area contributed by atoms with Gasteiger partial charge in [0.05, 0.1) is 10.6 Å². The summed E-state index contributed by atoms with van der Waals surface area (Å²) in [6, 6.07) is 8.43. The average molecular weight is 489 g/mol. The number of nitro groups is 1. The van der Waals surface area contributed by atoms with Crippen LogP contribution in [0.25, 0.3) is 6.08 Å². The molecule has 11 nitrogen and oxygen atoms in total. The van der Waals surface area contributed by atoms with Gasteiger partial charge in [-0.1, -0.05) is 22.0 Å². The SMILES string of the molecule is NC(=O)COc1ccc(Br)cc1/C=C1\C(=O)NC(=O)N(c2cccc([N+](=O)[O-])c2)C1=O. The topological polar surface area (TPSA) is 162 Å². The number of urea groups is 1. The highest BCUT2D eigenvalue weighted by molar-refractivity contribution is 9.10. The molecule has 1 aliphatic rings. The third-order valence-corrected chi connectivity index (χ3v) is 4.54. The lowest BCUT2D eigenvalue weighted by Crippen LogP contribution is -2.54. The average Bonchev–Trinajstić information content (AvgIpc) is 2.70. The number of nitrogens with two attached hydrogens (primary N) is 1. The second-order valence-corrected chi connectivity index (χ2v) is 7.09. The molecule has 0 aliphatic carbocycles. The van der Waals surface area contributed by atoms with Crippen molar-refractivity contribution in [2.45, 2.75) is 0 Å². The van der Waals surface area contributed by atoms with Crippen LogP contribution in [0.1, 0.15) is 5.56 Å². The predicted molar refractivity (Wildman–Crippen MR) is 111 cm³/mol. The van der Waals surface area contributed by atoms with E-state index in [-0.39, 0.29) is 22.7 Å². The van der Waals surface area contributed by atoms with Gasteiger partial charge in [-0.2, -0.15) is 0 Å². The third kappa shape index (κ3) is 4.75. The maximum absolute atomic E-state index is 13.0. The third-order valence-electron chi connectivity index (χ3n) is 4.04. The van der Waals surface area contributed by atoms with Gasteiger partial charge >= 0.3 is 6.03 Å². The lowest BCUT2D eigenvalue weighted by molar-refractivity contribution is -0.384. The number of hydrogen-bond donors (Lipinski definition) is 2. The van der Waals surface area contributed by atoms with Crippen LogP contribution in [0, 0.1) is 10.1 Å². The van der Waals surface area contributed by atoms with Crippen molar-refractivity contribution in [1.29, 1.82) is 0 Å². The van der Waals surface area contributed by atoms with Crippen molar-refractivity contribution in [3.8, 4) is 5.75 Å². The Morgan fingerprint density at radius 1 is 1.23 bits per heavy atom. The molecule has 2 aromatic carbocycles. The second kappa shape index (κ2) is 8.75. The number of carbonyl (C=O) groups is 4. The van der Waals surface area contributed by atoms with Gasteiger partial charge in [-0.05, 0) is 30.3 Å². The normalized spacial score (nSPS) is 15.1. The van der Waals surface area contributed by atoms with Crippen molar-refractivity contribution in [1.82, 2.24) is 5.32 Å². The van der Waals surface area contributed by atoms with E-state index in [0.29, 0.717) is 9.37 Å². The summed E-state index contributed by atoms with van der Waals surface area (Å²) in [6.45, 7) is -0.434. The monoisotopic (exact) mass is 488 g/mol. The number of rotatable bonds is 6. The molecule has 1 aliphatic heterocycles. The molecule has 3 N–H and O–H groups in total. The molecule has 0 bridgehead atoms. The van der Waals surface area contributed by atoms with Gasteiger partial charge in [0.25, 0.3) is 23.4 Å². The van der Waals surface area contributed by atoms with E-state index < -0.39 is 40.9 Å². The number of nitrogens with one attached hydrogen (secondary N) is 1. The summed E-state index contributed by atoms with van der Waals surface area (Å²) in [5.41, 5.74) is 4.48. The van der Waals surface area contributed by atoms with Gasteiger partial charge in [-0.3, -0.25) is 29.8 Å². The molecule has 5 amide bonds. The van der Waals surface area contributed by atoms with Crippen LogP contribution < -0.4 is 20.7 Å². The highest BCUT2D eigenvalue weighted by atomic mass is 79.9. The first-order valence-corrected chi connectivity index (χ1v) is 9.33. The van der Waals surface area contributed by atoms with Crippen LogP contribution in [0.15, 0.2) is 52.5 Å². The van der Waals surface area contributed by atoms with Crippen molar-refractivity contribution in [2.75, 3.05) is 11.5 Å². The van der Waals surface area contributed by atoms with Gasteiger partial charge in [0.1, 0.15) is 11.3 Å². The van der Waals surface area contributed by atoms with Crippen LogP contribution in [-0.2, 0) is 14.4 Å². The highest BCUT2D eigenvalue weighted by Crippen LogP contribution is 2.29. The maximum atomic E-state index is 13.0. The first-order chi connectivity index (χ1) is 14.7. The number of nitro benzene ring substituents is 1. The zero-order chi connectivity index (χ0) is 22.7. The summed E-state index contributed by atoms with van der Waals surface area (Å²) < 4.78 is 5.89. The molecule has 1 fully saturated rings. The number of amides is 5. The number of primary amides is 1. The second-order valence-electron chi connectivity index (χ2n) is 6.17. The zero-order valence-corrected chi connectivity index (χ0v) is 17.1. The van der Waals surface area contributed by atoms with E-state index in [1.807, 2.05) is 5.32 Å². The van der Waals surface area contributed by atoms with Crippen LogP contribution in [0.3, 0.4) is 0 Å². The number of anilines is 1. The van der Waals surface area contributed by atoms with Crippen LogP contribution in [-0.4, -0.2) is 35.3 Å². The molecular weight excluding hydrogens is 476 g/mol. The Balaban J connectivity index is 2.04. The molecule has 0 radical (unpaired) electrons. The lowest BCUT2D eigenvalue weighted by atomic mass is 10.1. The Hall–Kier alpha value is -4.06. The van der Waals surface area contributed by atoms with E-state index in [0.717, 1.165) is 6.07 Å². The quantitative estimate of drug-likeness (QED) is 0.271. The fourth-order valence-electron chi connectivity index (χ4n) is 2.71. The number of carbonyl (C=O) groups excluding carboxylic acids is 4. The van der Waals surface area contributed by atoms with Crippen LogP contribution in [0.5, 0.6) is 5.75 Å². The van der Waals surface area contributed by atoms with E-state index in [1.165, 1.54) is 36.4 Å². The molecule has 3 rings (SSSR count). The minimum atomic E-state index is -1.05. The molecule has 0 spiro atoms. The molecule has 31 heavy (non-hydrogen) atoms. The molecule has 12 heteroatoms. The number of benzene rings is 2. The number of hydrogen-bond acceptors (Lipinski definition) is 7. The van der Waals surface area contributed by atoms with Gasteiger partial charge in [-0.15, -0.1) is 0 Å². The van der Waals surface area contributed by atoms with Crippen molar-refractivity contribution >= 4 is 57.1 Å². The molecular formula is C19H13BrN4O7. The molecule has 0 atom stereocenters. The first kappa shape index (κ1) is 21.6. The van der Waals surface area contributed by atoms with Gasteiger partial charge in [0.15, 0.2) is 6.61 Å². The van der Waals surface area contributed by atoms with Crippen molar-refractivity contribution in [3.05, 3.63) is 68.2 Å². The van der Waals surface area contributed by atoms with E-state index in [4.69, 9.17) is 10.5 Å². The Labute approximate surface area is 182 Å². The molecule has 1 saturated heterocycles. The van der Waals surface area contributed by atoms with Crippen molar-refractivity contribution < 1.29 is 28.8 Å². The summed E-state index contributed by atoms with van der Waals surface area (Å²) in [5.74, 6) is -2.52. The standard InChI is InChI=1S/C19H13BrN4O7/c20-11-4-5-15(31-9-16(21)25)10(6-11)7-14-17(26)22-19(28)23(18(14)27)12-2-1-3-13(8-12)24(29)30/h1-8H,9H2,(H2,21,25)(H,22,26,28)/b14-7+. The van der Waals surface area contributed by atoms with E-state index in [2.05, 4.69) is 15.9 Å². The van der Waals surface area contributed by atoms with Crippen LogP contribution in [0.2, 0.25) is 0 Å². The number of halogens is 1. The zero-order valence-electron chi connectivity index (χ0n) is 15.5. The predicted octanol–water partition coefficient (Wildman–Crippen LogP) is 1.89. The molecule has 158 valence electrons. The Kier molecular flexibility index (Phi) is 6.11. The van der Waals surface area contributed by atoms with E-state index in [9.17, 15) is 29.3 Å². The van der Waals surface area contributed by atoms with Gasteiger partial charge in [0, 0.05) is 22.2 Å². The van der Waals surface area contributed by atoms with Gasteiger partial charge in [0.2, 0.25) is 0 Å². The highest BCUT2D eigenvalue weighted by Gasteiger charge is 2.37. The van der Waals surface area contributed by atoms with Crippen molar-refractivity contribution in [2.24, 2.45) is 5.73 Å². The van der Waals surface area contributed by atoms with Crippen LogP contribution in [0.4, 0.5) is 16.2 Å². The van der Waals surface area contributed by atoms with Gasteiger partial charge < -0.3 is 10.5 Å². The number of ether oxygens (including phenoxy) is 1. The molecule has 0 saturated carbocycles. The Morgan fingerprint density at radius 2 is 1.97 bits per heavy atom. The molecule has 0 aromatic heterocycles. The van der Waals surface area contributed by atoms with Crippen molar-refractivity contribution in [3.63, 3.8) is 0 Å². The van der Waals surface area contributed by atoms with Gasteiger partial charge in [-0.25, -0.2) is 9.69 Å². The summed E-state index contributed by atoms with van der Waals surface area (Å²) in [4.78, 5) is 59.6. The largest absolute Gasteiger partial charge is 0.483 e. The number of nitrogens with zero attached hydrogens (tertiary/aromatic N) is 2. The first-order valence-electron chi connectivity index (χ1n) is 8.54.